The second kappa shape index (κ2) is 6.61. The largest absolute Gasteiger partial charge is 0.338 e. The fourth-order valence-corrected chi connectivity index (χ4v) is 3.67. The van der Waals surface area contributed by atoms with E-state index in [1.165, 1.54) is 4.52 Å². The van der Waals surface area contributed by atoms with Crippen LogP contribution < -0.4 is 5.56 Å². The first-order valence-electron chi connectivity index (χ1n) is 8.68. The number of carbonyl (C=O) groups is 1. The van der Waals surface area contributed by atoms with E-state index in [1.54, 1.807) is 19.2 Å². The Morgan fingerprint density at radius 3 is 2.81 bits per heavy atom. The highest BCUT2D eigenvalue weighted by atomic mass is 35.5. The molecular weight excluding hydrogens is 352 g/mol. The summed E-state index contributed by atoms with van der Waals surface area (Å²) in [6.07, 6.45) is 4.05. The number of nitrogens with zero attached hydrogens (tertiary/aromatic N) is 3. The number of carbonyl (C=O) groups excluding carboxylic acids is 1. The Morgan fingerprint density at radius 2 is 2.08 bits per heavy atom. The number of amides is 1. The van der Waals surface area contributed by atoms with Crippen molar-refractivity contribution in [2.24, 2.45) is 0 Å². The maximum absolute atomic E-state index is 12.9. The van der Waals surface area contributed by atoms with Gasteiger partial charge in [-0.15, -0.1) is 0 Å². The molecule has 3 heterocycles. The molecular formula is C19H19ClN4O2. The molecule has 0 saturated carbocycles. The molecule has 1 saturated heterocycles. The first-order valence-corrected chi connectivity index (χ1v) is 9.06. The van der Waals surface area contributed by atoms with Crippen LogP contribution in [0.3, 0.4) is 0 Å². The Hall–Kier alpha value is -2.60. The molecule has 26 heavy (non-hydrogen) atoms. The Kier molecular flexibility index (Phi) is 4.28. The summed E-state index contributed by atoms with van der Waals surface area (Å²) >= 11 is 6.04. The number of aromatic amines is 1. The fourth-order valence-electron chi connectivity index (χ4n) is 3.46. The molecule has 0 aliphatic carbocycles. The minimum atomic E-state index is -0.187. The van der Waals surface area contributed by atoms with Gasteiger partial charge in [-0.1, -0.05) is 23.7 Å². The third kappa shape index (κ3) is 2.90. The average Bonchev–Trinajstić information content (AvgIpc) is 3.28. The number of aryl methyl sites for hydroxylation is 1. The average molecular weight is 371 g/mol. The van der Waals surface area contributed by atoms with Gasteiger partial charge in [0.2, 0.25) is 0 Å². The molecule has 7 heteroatoms. The third-order valence-corrected chi connectivity index (χ3v) is 5.09. The lowest BCUT2D eigenvalue weighted by Crippen LogP contribution is -2.28. The van der Waals surface area contributed by atoms with E-state index < -0.39 is 0 Å². The molecule has 1 aromatic carbocycles. The highest BCUT2D eigenvalue weighted by Crippen LogP contribution is 2.18. The summed E-state index contributed by atoms with van der Waals surface area (Å²) in [5, 5.41) is 3.53. The number of likely N-dealkylation sites (tertiary alicyclic amines) is 1. The minimum Gasteiger partial charge on any atom is -0.338 e. The molecule has 1 aliphatic heterocycles. The summed E-state index contributed by atoms with van der Waals surface area (Å²) in [4.78, 5) is 32.0. The lowest BCUT2D eigenvalue weighted by Gasteiger charge is -2.14. The van der Waals surface area contributed by atoms with E-state index in [0.717, 1.165) is 31.5 Å². The molecule has 0 atom stereocenters. The zero-order valence-corrected chi connectivity index (χ0v) is 15.2. The van der Waals surface area contributed by atoms with E-state index in [0.29, 0.717) is 33.9 Å². The van der Waals surface area contributed by atoms with Crippen LogP contribution in [-0.4, -0.2) is 38.5 Å². The number of H-pyrrole nitrogens is 1. The number of aromatic nitrogens is 3. The zero-order valence-electron chi connectivity index (χ0n) is 14.5. The van der Waals surface area contributed by atoms with E-state index in [4.69, 9.17) is 11.6 Å². The number of nitrogens with one attached hydrogen (secondary N) is 1. The molecule has 1 N–H and O–H groups in total. The molecule has 6 nitrogen and oxygen atoms in total. The highest BCUT2D eigenvalue weighted by Gasteiger charge is 2.24. The molecule has 4 rings (SSSR count). The Morgan fingerprint density at radius 1 is 1.31 bits per heavy atom. The quantitative estimate of drug-likeness (QED) is 0.770. The molecule has 0 spiro atoms. The maximum atomic E-state index is 12.9. The van der Waals surface area contributed by atoms with Crippen molar-refractivity contribution in [2.75, 3.05) is 13.1 Å². The molecule has 1 aliphatic rings. The van der Waals surface area contributed by atoms with Crippen molar-refractivity contribution in [3.05, 3.63) is 68.2 Å². The predicted molar refractivity (Wildman–Crippen MR) is 99.9 cm³/mol. The van der Waals surface area contributed by atoms with Gasteiger partial charge < -0.3 is 4.90 Å². The molecule has 2 aromatic heterocycles. The van der Waals surface area contributed by atoms with Gasteiger partial charge in [0.15, 0.2) is 5.65 Å². The molecule has 1 amide bonds. The van der Waals surface area contributed by atoms with Crippen molar-refractivity contribution in [3.63, 3.8) is 0 Å². The van der Waals surface area contributed by atoms with Crippen LogP contribution in [0.1, 0.15) is 40.0 Å². The first-order chi connectivity index (χ1) is 12.5. The van der Waals surface area contributed by atoms with Crippen LogP contribution in [0, 0.1) is 6.92 Å². The number of rotatable bonds is 3. The Labute approximate surface area is 155 Å². The standard InChI is InChI=1S/C19H19ClN4O2/c1-12-15(10-13-5-4-6-14(20)9-13)19(26)24-17(22-12)16(11-21-24)18(25)23-7-2-3-8-23/h4-6,9,11,21H,2-3,7-8,10H2,1H3. The van der Waals surface area contributed by atoms with Crippen molar-refractivity contribution in [1.29, 1.82) is 0 Å². The van der Waals surface area contributed by atoms with Crippen LogP contribution >= 0.6 is 11.6 Å². The van der Waals surface area contributed by atoms with Crippen LogP contribution in [0.5, 0.6) is 0 Å². The van der Waals surface area contributed by atoms with Crippen molar-refractivity contribution in [3.8, 4) is 0 Å². The molecule has 1 fully saturated rings. The second-order valence-corrected chi connectivity index (χ2v) is 7.07. The lowest BCUT2D eigenvalue weighted by molar-refractivity contribution is 0.0794. The summed E-state index contributed by atoms with van der Waals surface area (Å²) < 4.78 is 1.36. The van der Waals surface area contributed by atoms with Crippen LogP contribution in [0.4, 0.5) is 0 Å². The molecule has 0 radical (unpaired) electrons. The number of benzene rings is 1. The van der Waals surface area contributed by atoms with E-state index in [9.17, 15) is 9.59 Å². The SMILES string of the molecule is Cc1nc2c(C(=O)N3CCCC3)c[nH]n2c(=O)c1Cc1cccc(Cl)c1. The zero-order chi connectivity index (χ0) is 18.3. The third-order valence-electron chi connectivity index (χ3n) is 4.86. The van der Waals surface area contributed by atoms with Crippen molar-refractivity contribution in [1.82, 2.24) is 19.5 Å². The van der Waals surface area contributed by atoms with Gasteiger partial charge in [0.1, 0.15) is 5.56 Å². The van der Waals surface area contributed by atoms with Gasteiger partial charge in [0, 0.05) is 42.0 Å². The van der Waals surface area contributed by atoms with Crippen LogP contribution in [0.25, 0.3) is 5.65 Å². The molecule has 0 bridgehead atoms. The fraction of sp³-hybridized carbons (Fsp3) is 0.316. The highest BCUT2D eigenvalue weighted by molar-refractivity contribution is 6.30. The van der Waals surface area contributed by atoms with Crippen LogP contribution in [0.2, 0.25) is 5.02 Å². The van der Waals surface area contributed by atoms with Crippen molar-refractivity contribution in [2.45, 2.75) is 26.2 Å². The summed E-state index contributed by atoms with van der Waals surface area (Å²) in [6, 6.07) is 7.43. The first kappa shape index (κ1) is 16.8. The normalized spacial score (nSPS) is 14.3. The van der Waals surface area contributed by atoms with Gasteiger partial charge >= 0.3 is 0 Å². The van der Waals surface area contributed by atoms with E-state index in [-0.39, 0.29) is 11.5 Å². The van der Waals surface area contributed by atoms with Gasteiger partial charge in [-0.3, -0.25) is 14.7 Å². The smallest absolute Gasteiger partial charge is 0.276 e. The monoisotopic (exact) mass is 370 g/mol. The van der Waals surface area contributed by atoms with Gasteiger partial charge in [0.05, 0.1) is 0 Å². The number of halogens is 1. The summed E-state index contributed by atoms with van der Waals surface area (Å²) in [6.45, 7) is 3.32. The lowest BCUT2D eigenvalue weighted by atomic mass is 10.1. The van der Waals surface area contributed by atoms with Crippen LogP contribution in [-0.2, 0) is 6.42 Å². The number of fused-ring (bicyclic) bond motifs is 1. The minimum absolute atomic E-state index is 0.0739. The molecule has 134 valence electrons. The Bertz CT molecular complexity index is 1050. The van der Waals surface area contributed by atoms with Gasteiger partial charge in [-0.2, -0.15) is 0 Å². The van der Waals surface area contributed by atoms with Gasteiger partial charge in [-0.25, -0.2) is 9.50 Å². The topological polar surface area (TPSA) is 70.5 Å². The summed E-state index contributed by atoms with van der Waals surface area (Å²) in [7, 11) is 0. The van der Waals surface area contributed by atoms with Gasteiger partial charge in [0.25, 0.3) is 11.5 Å². The summed E-state index contributed by atoms with van der Waals surface area (Å²) in [5.41, 5.74) is 2.81. The van der Waals surface area contributed by atoms with Crippen molar-refractivity contribution >= 4 is 23.2 Å². The predicted octanol–water partition coefficient (Wildman–Crippen LogP) is 2.81. The van der Waals surface area contributed by atoms with E-state index in [1.807, 2.05) is 23.1 Å². The van der Waals surface area contributed by atoms with Crippen molar-refractivity contribution < 1.29 is 4.79 Å². The number of hydrogen-bond donors (Lipinski definition) is 1. The van der Waals surface area contributed by atoms with E-state index in [2.05, 4.69) is 10.1 Å². The van der Waals surface area contributed by atoms with E-state index >= 15 is 0 Å². The number of hydrogen-bond acceptors (Lipinski definition) is 3. The molecule has 3 aromatic rings. The Balaban J connectivity index is 1.76. The molecule has 0 unspecified atom stereocenters. The second-order valence-electron chi connectivity index (χ2n) is 6.63. The van der Waals surface area contributed by atoms with Gasteiger partial charge in [-0.05, 0) is 37.5 Å². The summed E-state index contributed by atoms with van der Waals surface area (Å²) in [5.74, 6) is -0.0739. The van der Waals surface area contributed by atoms with Crippen LogP contribution in [0.15, 0.2) is 35.3 Å². The maximum Gasteiger partial charge on any atom is 0.276 e.